The van der Waals surface area contributed by atoms with Crippen molar-refractivity contribution in [1.29, 1.82) is 0 Å². The second kappa shape index (κ2) is 6.21. The second-order valence-corrected chi connectivity index (χ2v) is 6.41. The Kier molecular flexibility index (Phi) is 3.99. The van der Waals surface area contributed by atoms with Crippen molar-refractivity contribution in [1.82, 2.24) is 14.8 Å². The molecule has 1 aliphatic heterocycles. The lowest BCUT2D eigenvalue weighted by molar-refractivity contribution is 0.0990. The number of aliphatic imine (C=N–C) groups is 1. The Balaban J connectivity index is 2.03. The molecule has 1 unspecified atom stereocenters. The number of aromatic nitrogens is 3. The average molecular weight is 388 g/mol. The first-order valence-corrected chi connectivity index (χ1v) is 8.29. The zero-order valence-electron chi connectivity index (χ0n) is 13.1. The highest BCUT2D eigenvalue weighted by atomic mass is 35.5. The van der Waals surface area contributed by atoms with Gasteiger partial charge >= 0.3 is 0 Å². The van der Waals surface area contributed by atoms with E-state index in [9.17, 15) is 9.90 Å². The number of hydrogen-bond acceptors (Lipinski definition) is 5. The lowest BCUT2D eigenvalue weighted by atomic mass is 10.0. The van der Waals surface area contributed by atoms with Crippen molar-refractivity contribution in [2.45, 2.75) is 6.23 Å². The van der Waals surface area contributed by atoms with Crippen LogP contribution in [0, 0.1) is 0 Å². The molecule has 0 spiro atoms. The van der Waals surface area contributed by atoms with E-state index in [0.29, 0.717) is 32.6 Å². The van der Waals surface area contributed by atoms with Crippen molar-refractivity contribution >= 4 is 34.8 Å². The Morgan fingerprint density at radius 1 is 1.15 bits per heavy atom. The van der Waals surface area contributed by atoms with E-state index in [1.54, 1.807) is 36.4 Å². The quantitative estimate of drug-likeness (QED) is 0.704. The fourth-order valence-corrected chi connectivity index (χ4v) is 3.17. The van der Waals surface area contributed by atoms with Gasteiger partial charge in [0.25, 0.3) is 5.91 Å². The van der Waals surface area contributed by atoms with Gasteiger partial charge in [0.05, 0.1) is 11.4 Å². The molecule has 0 aliphatic carbocycles. The number of halogens is 2. The van der Waals surface area contributed by atoms with Crippen LogP contribution in [-0.4, -0.2) is 31.5 Å². The lowest BCUT2D eigenvalue weighted by Crippen LogP contribution is -2.14. The molecule has 2 aromatic carbocycles. The van der Waals surface area contributed by atoms with Crippen LogP contribution < -0.4 is 5.73 Å². The monoisotopic (exact) mass is 387 g/mol. The molecule has 130 valence electrons. The van der Waals surface area contributed by atoms with E-state index in [1.807, 2.05) is 6.07 Å². The smallest absolute Gasteiger partial charge is 0.288 e. The van der Waals surface area contributed by atoms with Crippen molar-refractivity contribution in [3.63, 3.8) is 0 Å². The summed E-state index contributed by atoms with van der Waals surface area (Å²) in [5, 5.41) is 15.6. The summed E-state index contributed by atoms with van der Waals surface area (Å²) < 4.78 is 1.34. The molecule has 1 aliphatic rings. The molecule has 3 aromatic rings. The van der Waals surface area contributed by atoms with E-state index < -0.39 is 12.1 Å². The van der Waals surface area contributed by atoms with Gasteiger partial charge in [0.2, 0.25) is 12.1 Å². The van der Waals surface area contributed by atoms with Gasteiger partial charge in [0.1, 0.15) is 0 Å². The normalized spacial score (nSPS) is 15.7. The fourth-order valence-electron chi connectivity index (χ4n) is 2.77. The van der Waals surface area contributed by atoms with Crippen molar-refractivity contribution in [2.24, 2.45) is 10.7 Å². The Labute approximate surface area is 157 Å². The summed E-state index contributed by atoms with van der Waals surface area (Å²) in [5.74, 6) is -0.940. The second-order valence-electron chi connectivity index (χ2n) is 5.56. The molecular weight excluding hydrogens is 377 g/mol. The van der Waals surface area contributed by atoms with Gasteiger partial charge in [-0.3, -0.25) is 4.79 Å². The summed E-state index contributed by atoms with van der Waals surface area (Å²) in [7, 11) is 0. The molecule has 0 radical (unpaired) electrons. The van der Waals surface area contributed by atoms with Crippen LogP contribution >= 0.6 is 23.2 Å². The molecule has 26 heavy (non-hydrogen) atoms. The molecule has 3 N–H and O–H groups in total. The number of carbonyl (C=O) groups excluding carboxylic acids is 1. The summed E-state index contributed by atoms with van der Waals surface area (Å²) in [6.07, 6.45) is -1.37. The van der Waals surface area contributed by atoms with Crippen molar-refractivity contribution in [3.8, 4) is 5.69 Å². The van der Waals surface area contributed by atoms with Gasteiger partial charge in [-0.05, 0) is 24.3 Å². The number of aliphatic hydroxyl groups excluding tert-OH is 1. The van der Waals surface area contributed by atoms with E-state index in [0.717, 1.165) is 0 Å². The van der Waals surface area contributed by atoms with E-state index >= 15 is 0 Å². The summed E-state index contributed by atoms with van der Waals surface area (Å²) in [5.41, 5.74) is 7.45. The molecule has 7 nitrogen and oxygen atoms in total. The van der Waals surface area contributed by atoms with Crippen LogP contribution in [0.4, 0.5) is 0 Å². The molecular formula is C17H11Cl2N5O2. The number of carbonyl (C=O) groups is 1. The first kappa shape index (κ1) is 16.7. The summed E-state index contributed by atoms with van der Waals surface area (Å²) in [6.45, 7) is 0. The molecule has 1 atom stereocenters. The molecule has 9 heteroatoms. The first-order chi connectivity index (χ1) is 12.5. The van der Waals surface area contributed by atoms with Gasteiger partial charge in [-0.25, -0.2) is 14.7 Å². The zero-order valence-corrected chi connectivity index (χ0v) is 14.6. The number of nitrogens with two attached hydrogens (primary N) is 1. The minimum absolute atomic E-state index is 0.0735. The van der Waals surface area contributed by atoms with Gasteiger partial charge in [-0.1, -0.05) is 41.4 Å². The largest absolute Gasteiger partial charge is 0.365 e. The van der Waals surface area contributed by atoms with Crippen LogP contribution in [0.15, 0.2) is 47.5 Å². The first-order valence-electron chi connectivity index (χ1n) is 7.53. The third kappa shape index (κ3) is 2.66. The Hall–Kier alpha value is -2.74. The van der Waals surface area contributed by atoms with Crippen LogP contribution in [0.2, 0.25) is 10.0 Å². The zero-order chi connectivity index (χ0) is 18.4. The molecule has 1 amide bonds. The van der Waals surface area contributed by atoms with Gasteiger partial charge in [-0.15, -0.1) is 5.10 Å². The van der Waals surface area contributed by atoms with Crippen molar-refractivity contribution < 1.29 is 9.90 Å². The predicted molar refractivity (Wildman–Crippen MR) is 96.9 cm³/mol. The van der Waals surface area contributed by atoms with Gasteiger partial charge in [0.15, 0.2) is 5.82 Å². The van der Waals surface area contributed by atoms with Gasteiger partial charge < -0.3 is 10.8 Å². The van der Waals surface area contributed by atoms with E-state index in [-0.39, 0.29) is 11.6 Å². The highest BCUT2D eigenvalue weighted by Crippen LogP contribution is 2.32. The number of hydrogen-bond donors (Lipinski definition) is 2. The van der Waals surface area contributed by atoms with E-state index in [2.05, 4.69) is 15.1 Å². The minimum atomic E-state index is -1.37. The highest BCUT2D eigenvalue weighted by molar-refractivity contribution is 6.36. The number of nitrogens with zero attached hydrogens (tertiary/aromatic N) is 4. The number of benzene rings is 2. The fraction of sp³-hybridized carbons (Fsp3) is 0.0588. The standard InChI is InChI=1S/C17H11Cl2N5O2/c18-8-5-6-12-10(7-8)13(9-3-1-2-4-11(9)19)21-17(26)16-22-15(14(20)25)23-24(12)16/h1-7,17,26H,(H2,20,25). The van der Waals surface area contributed by atoms with Crippen LogP contribution in [-0.2, 0) is 0 Å². The Bertz CT molecular complexity index is 1080. The highest BCUT2D eigenvalue weighted by Gasteiger charge is 2.28. The average Bonchev–Trinajstić information content (AvgIpc) is 3.02. The van der Waals surface area contributed by atoms with E-state index in [1.165, 1.54) is 4.68 Å². The molecule has 2 heterocycles. The summed E-state index contributed by atoms with van der Waals surface area (Å²) in [4.78, 5) is 19.8. The predicted octanol–water partition coefficient (Wildman–Crippen LogP) is 2.51. The summed E-state index contributed by atoms with van der Waals surface area (Å²) >= 11 is 12.5. The molecule has 0 saturated heterocycles. The van der Waals surface area contributed by atoms with Crippen LogP contribution in [0.5, 0.6) is 0 Å². The maximum absolute atomic E-state index is 11.4. The maximum atomic E-state index is 11.4. The third-order valence-electron chi connectivity index (χ3n) is 3.91. The summed E-state index contributed by atoms with van der Waals surface area (Å²) in [6, 6.07) is 12.2. The van der Waals surface area contributed by atoms with Crippen LogP contribution in [0.25, 0.3) is 5.69 Å². The molecule has 0 fully saturated rings. The van der Waals surface area contributed by atoms with E-state index in [4.69, 9.17) is 28.9 Å². The minimum Gasteiger partial charge on any atom is -0.365 e. The number of fused-ring (bicyclic) bond motifs is 3. The number of aliphatic hydroxyl groups is 1. The molecule has 1 aromatic heterocycles. The number of primary amides is 1. The Morgan fingerprint density at radius 3 is 2.65 bits per heavy atom. The molecule has 4 rings (SSSR count). The molecule has 0 bridgehead atoms. The van der Waals surface area contributed by atoms with Gasteiger partial charge in [0, 0.05) is 21.2 Å². The maximum Gasteiger partial charge on any atom is 0.288 e. The SMILES string of the molecule is NC(=O)c1nc2n(n1)-c1ccc(Cl)cc1C(c1ccccc1Cl)=NC2O. The Morgan fingerprint density at radius 2 is 1.92 bits per heavy atom. The third-order valence-corrected chi connectivity index (χ3v) is 4.47. The van der Waals surface area contributed by atoms with Crippen molar-refractivity contribution in [3.05, 3.63) is 75.3 Å². The number of rotatable bonds is 2. The topological polar surface area (TPSA) is 106 Å². The van der Waals surface area contributed by atoms with Crippen molar-refractivity contribution in [2.75, 3.05) is 0 Å². The van der Waals surface area contributed by atoms with Crippen LogP contribution in [0.1, 0.15) is 33.8 Å². The van der Waals surface area contributed by atoms with Gasteiger partial charge in [-0.2, -0.15) is 0 Å². The lowest BCUT2D eigenvalue weighted by Gasteiger charge is -2.12. The number of amides is 1. The van der Waals surface area contributed by atoms with Crippen LogP contribution in [0.3, 0.4) is 0 Å². The molecule has 0 saturated carbocycles.